The first-order valence-electron chi connectivity index (χ1n) is 6.60. The number of hydrogen-bond acceptors (Lipinski definition) is 4. The van der Waals surface area contributed by atoms with E-state index in [0.717, 1.165) is 12.1 Å². The fourth-order valence-corrected chi connectivity index (χ4v) is 3.19. The number of amides is 1. The van der Waals surface area contributed by atoms with Crippen LogP contribution in [0.1, 0.15) is 22.8 Å². The Kier molecular flexibility index (Phi) is 3.87. The van der Waals surface area contributed by atoms with Crippen LogP contribution in [0.5, 0.6) is 0 Å². The van der Waals surface area contributed by atoms with Gasteiger partial charge in [0.15, 0.2) is 5.16 Å². The Morgan fingerprint density at radius 3 is 2.90 bits per heavy atom. The number of thioether (sulfide) groups is 1. The number of para-hydroxylation sites is 1. The Morgan fingerprint density at radius 2 is 2.19 bits per heavy atom. The Morgan fingerprint density at radius 1 is 1.43 bits per heavy atom. The molecule has 0 bridgehead atoms. The highest BCUT2D eigenvalue weighted by Gasteiger charge is 2.32. The SMILES string of the molecule is CSc1ncc(C(=O)N2c3ccccc3CC2C)c(Cl)n1. The third-order valence-electron chi connectivity index (χ3n) is 3.56. The molecule has 2 aromatic rings. The van der Waals surface area contributed by atoms with Crippen molar-refractivity contribution in [2.75, 3.05) is 11.2 Å². The van der Waals surface area contributed by atoms with Crippen LogP contribution in [0.15, 0.2) is 35.6 Å². The molecule has 0 spiro atoms. The summed E-state index contributed by atoms with van der Waals surface area (Å²) in [5.74, 6) is -0.148. The van der Waals surface area contributed by atoms with Gasteiger partial charge in [0.2, 0.25) is 0 Å². The van der Waals surface area contributed by atoms with Crippen LogP contribution >= 0.6 is 23.4 Å². The quantitative estimate of drug-likeness (QED) is 0.483. The number of nitrogens with zero attached hydrogens (tertiary/aromatic N) is 3. The van der Waals surface area contributed by atoms with E-state index in [9.17, 15) is 4.79 Å². The second-order valence-corrected chi connectivity index (χ2v) is 6.05. The first-order valence-corrected chi connectivity index (χ1v) is 8.20. The highest BCUT2D eigenvalue weighted by Crippen LogP contribution is 2.33. The molecule has 2 heterocycles. The average Bonchev–Trinajstić information content (AvgIpc) is 2.82. The third kappa shape index (κ3) is 2.51. The van der Waals surface area contributed by atoms with E-state index in [2.05, 4.69) is 9.97 Å². The van der Waals surface area contributed by atoms with Crippen LogP contribution in [0.4, 0.5) is 5.69 Å². The highest BCUT2D eigenvalue weighted by atomic mass is 35.5. The monoisotopic (exact) mass is 319 g/mol. The fraction of sp³-hybridized carbons (Fsp3) is 0.267. The van der Waals surface area contributed by atoms with Crippen LogP contribution in [-0.4, -0.2) is 28.2 Å². The van der Waals surface area contributed by atoms with Gasteiger partial charge in [-0.2, -0.15) is 0 Å². The van der Waals surface area contributed by atoms with Crippen molar-refractivity contribution >= 4 is 35.0 Å². The molecule has 1 aromatic carbocycles. The standard InChI is InChI=1S/C15H14ClN3OS/c1-9-7-10-5-3-4-6-12(10)19(9)14(20)11-8-17-15(21-2)18-13(11)16/h3-6,8-9H,7H2,1-2H3. The molecular formula is C15H14ClN3OS. The normalized spacial score (nSPS) is 16.9. The zero-order valence-electron chi connectivity index (χ0n) is 11.7. The second-order valence-electron chi connectivity index (χ2n) is 4.92. The number of aromatic nitrogens is 2. The Hall–Kier alpha value is -1.59. The summed E-state index contributed by atoms with van der Waals surface area (Å²) in [7, 11) is 0. The predicted octanol–water partition coefficient (Wildman–Crippen LogP) is 3.44. The van der Waals surface area contributed by atoms with Gasteiger partial charge < -0.3 is 4.90 Å². The van der Waals surface area contributed by atoms with Gasteiger partial charge in [0.1, 0.15) is 5.15 Å². The van der Waals surface area contributed by atoms with Crippen LogP contribution in [0, 0.1) is 0 Å². The van der Waals surface area contributed by atoms with Crippen molar-refractivity contribution in [1.82, 2.24) is 9.97 Å². The average molecular weight is 320 g/mol. The number of carbonyl (C=O) groups is 1. The fourth-order valence-electron chi connectivity index (χ4n) is 2.59. The maximum absolute atomic E-state index is 12.8. The smallest absolute Gasteiger partial charge is 0.263 e. The number of hydrogen-bond donors (Lipinski definition) is 0. The van der Waals surface area contributed by atoms with Crippen molar-refractivity contribution in [2.24, 2.45) is 0 Å². The molecule has 1 unspecified atom stereocenters. The first-order chi connectivity index (χ1) is 10.1. The molecule has 0 saturated heterocycles. The van der Waals surface area contributed by atoms with Gasteiger partial charge in [-0.3, -0.25) is 4.79 Å². The van der Waals surface area contributed by atoms with Crippen LogP contribution in [0.25, 0.3) is 0 Å². The van der Waals surface area contributed by atoms with E-state index in [4.69, 9.17) is 11.6 Å². The molecular weight excluding hydrogens is 306 g/mol. The Balaban J connectivity index is 1.99. The first kappa shape index (κ1) is 14.4. The van der Waals surface area contributed by atoms with Gasteiger partial charge in [0.05, 0.1) is 5.56 Å². The second kappa shape index (κ2) is 5.66. The summed E-state index contributed by atoms with van der Waals surface area (Å²) in [6.45, 7) is 2.03. The van der Waals surface area contributed by atoms with Gasteiger partial charge in [-0.25, -0.2) is 9.97 Å². The van der Waals surface area contributed by atoms with Crippen molar-refractivity contribution in [2.45, 2.75) is 24.5 Å². The number of anilines is 1. The topological polar surface area (TPSA) is 46.1 Å². The van der Waals surface area contributed by atoms with Gasteiger partial charge in [-0.1, -0.05) is 41.6 Å². The number of carbonyl (C=O) groups excluding carboxylic acids is 1. The maximum Gasteiger partial charge on any atom is 0.263 e. The summed E-state index contributed by atoms with van der Waals surface area (Å²) >= 11 is 7.54. The minimum Gasteiger partial charge on any atom is -0.305 e. The maximum atomic E-state index is 12.8. The van der Waals surface area contributed by atoms with Crippen molar-refractivity contribution in [3.05, 3.63) is 46.7 Å². The summed E-state index contributed by atoms with van der Waals surface area (Å²) in [6, 6.07) is 8.04. The lowest BCUT2D eigenvalue weighted by Gasteiger charge is -2.22. The molecule has 1 atom stereocenters. The predicted molar refractivity (Wildman–Crippen MR) is 85.2 cm³/mol. The van der Waals surface area contributed by atoms with E-state index >= 15 is 0 Å². The van der Waals surface area contributed by atoms with E-state index in [-0.39, 0.29) is 17.1 Å². The lowest BCUT2D eigenvalue weighted by atomic mass is 10.1. The van der Waals surface area contributed by atoms with E-state index in [1.54, 1.807) is 4.90 Å². The molecule has 108 valence electrons. The molecule has 3 rings (SSSR count). The number of benzene rings is 1. The van der Waals surface area contributed by atoms with Crippen molar-refractivity contribution < 1.29 is 4.79 Å². The number of halogens is 1. The largest absolute Gasteiger partial charge is 0.305 e. The lowest BCUT2D eigenvalue weighted by molar-refractivity contribution is 0.0980. The van der Waals surface area contributed by atoms with Crippen LogP contribution in [0.3, 0.4) is 0 Å². The van der Waals surface area contributed by atoms with E-state index in [1.165, 1.54) is 23.5 Å². The molecule has 0 radical (unpaired) electrons. The molecule has 0 aliphatic carbocycles. The Bertz CT molecular complexity index is 707. The molecule has 0 saturated carbocycles. The van der Waals surface area contributed by atoms with Crippen molar-refractivity contribution in [1.29, 1.82) is 0 Å². The van der Waals surface area contributed by atoms with Crippen LogP contribution in [0.2, 0.25) is 5.15 Å². The summed E-state index contributed by atoms with van der Waals surface area (Å²) in [5.41, 5.74) is 2.47. The third-order valence-corrected chi connectivity index (χ3v) is 4.41. The van der Waals surface area contributed by atoms with Crippen LogP contribution in [-0.2, 0) is 6.42 Å². The Labute approximate surface area is 132 Å². The van der Waals surface area contributed by atoms with E-state index < -0.39 is 0 Å². The molecule has 0 N–H and O–H groups in total. The summed E-state index contributed by atoms with van der Waals surface area (Å²) in [5, 5.41) is 0.766. The zero-order valence-corrected chi connectivity index (χ0v) is 13.3. The molecule has 4 nitrogen and oxygen atoms in total. The number of rotatable bonds is 2. The minimum atomic E-state index is -0.148. The summed E-state index contributed by atoms with van der Waals surface area (Å²) in [4.78, 5) is 22.9. The molecule has 1 amide bonds. The van der Waals surface area contributed by atoms with Gasteiger partial charge in [0, 0.05) is 17.9 Å². The van der Waals surface area contributed by atoms with Crippen molar-refractivity contribution in [3.8, 4) is 0 Å². The van der Waals surface area contributed by atoms with E-state index in [1.807, 2.05) is 37.4 Å². The molecule has 1 aliphatic rings. The molecule has 6 heteroatoms. The summed E-state index contributed by atoms with van der Waals surface area (Å²) < 4.78 is 0. The van der Waals surface area contributed by atoms with Gasteiger partial charge in [-0.15, -0.1) is 0 Å². The van der Waals surface area contributed by atoms with E-state index in [0.29, 0.717) is 10.7 Å². The molecule has 1 aromatic heterocycles. The lowest BCUT2D eigenvalue weighted by Crippen LogP contribution is -2.36. The zero-order chi connectivity index (χ0) is 15.0. The van der Waals surface area contributed by atoms with Crippen molar-refractivity contribution in [3.63, 3.8) is 0 Å². The minimum absolute atomic E-state index is 0.103. The summed E-state index contributed by atoms with van der Waals surface area (Å²) in [6.07, 6.45) is 4.23. The molecule has 0 fully saturated rings. The van der Waals surface area contributed by atoms with Gasteiger partial charge in [-0.05, 0) is 31.2 Å². The number of fused-ring (bicyclic) bond motifs is 1. The highest BCUT2D eigenvalue weighted by molar-refractivity contribution is 7.98. The van der Waals surface area contributed by atoms with Gasteiger partial charge >= 0.3 is 0 Å². The van der Waals surface area contributed by atoms with Crippen LogP contribution < -0.4 is 4.90 Å². The van der Waals surface area contributed by atoms with Gasteiger partial charge in [0.25, 0.3) is 5.91 Å². The molecule has 1 aliphatic heterocycles. The molecule has 21 heavy (non-hydrogen) atoms.